The number of hydrogen-bond donors (Lipinski definition) is 0. The average Bonchev–Trinajstić information content (AvgIpc) is 2.74. The molecule has 0 atom stereocenters. The van der Waals surface area contributed by atoms with Gasteiger partial charge < -0.3 is 9.26 Å². The van der Waals surface area contributed by atoms with Gasteiger partial charge in [-0.15, -0.1) is 0 Å². The number of aryl methyl sites for hydroxylation is 1. The Morgan fingerprint density at radius 1 is 1.50 bits per heavy atom. The minimum atomic E-state index is -4.17. The quantitative estimate of drug-likeness (QED) is 0.753. The van der Waals surface area contributed by atoms with E-state index in [1.165, 1.54) is 0 Å². The van der Waals surface area contributed by atoms with Crippen LogP contribution in [0.2, 0.25) is 0 Å². The number of aromatic nitrogens is 2. The Balaban J connectivity index is 2.23. The standard InChI is InChI=1S/C10H7BrClFN2O4S/c1-5-14-10(19-15-5)4-18-8-3-7(13)9(2-6(8)11)20(12,16)17/h2-3H,4H2,1H3. The summed E-state index contributed by atoms with van der Waals surface area (Å²) in [6, 6.07) is 1.93. The van der Waals surface area contributed by atoms with E-state index >= 15 is 0 Å². The molecular weight excluding hydrogens is 379 g/mol. The summed E-state index contributed by atoms with van der Waals surface area (Å²) in [5, 5.41) is 3.57. The van der Waals surface area contributed by atoms with Crippen molar-refractivity contribution < 1.29 is 22.1 Å². The minimum Gasteiger partial charge on any atom is -0.482 e. The van der Waals surface area contributed by atoms with Crippen LogP contribution in [0.5, 0.6) is 5.75 Å². The predicted octanol–water partition coefficient (Wildman–Crippen LogP) is 2.79. The lowest BCUT2D eigenvalue weighted by Crippen LogP contribution is -2.00. The SMILES string of the molecule is Cc1noc(COc2cc(F)c(S(=O)(=O)Cl)cc2Br)n1. The summed E-state index contributed by atoms with van der Waals surface area (Å²) in [4.78, 5) is 3.27. The highest BCUT2D eigenvalue weighted by molar-refractivity contribution is 9.10. The fraction of sp³-hybridized carbons (Fsp3) is 0.200. The van der Waals surface area contributed by atoms with E-state index in [0.29, 0.717) is 5.82 Å². The predicted molar refractivity (Wildman–Crippen MR) is 70.5 cm³/mol. The van der Waals surface area contributed by atoms with Gasteiger partial charge in [0.2, 0.25) is 0 Å². The van der Waals surface area contributed by atoms with Gasteiger partial charge >= 0.3 is 0 Å². The molecule has 108 valence electrons. The third-order valence-corrected chi connectivity index (χ3v) is 4.13. The van der Waals surface area contributed by atoms with Crippen LogP contribution in [-0.4, -0.2) is 18.6 Å². The van der Waals surface area contributed by atoms with Crippen LogP contribution in [0.3, 0.4) is 0 Å². The van der Waals surface area contributed by atoms with E-state index in [9.17, 15) is 12.8 Å². The lowest BCUT2D eigenvalue weighted by atomic mass is 10.3. The molecule has 0 fully saturated rings. The molecule has 0 N–H and O–H groups in total. The van der Waals surface area contributed by atoms with Gasteiger partial charge in [0.05, 0.1) is 4.47 Å². The second kappa shape index (κ2) is 5.66. The van der Waals surface area contributed by atoms with Crippen LogP contribution < -0.4 is 4.74 Å². The summed E-state index contributed by atoms with van der Waals surface area (Å²) in [6.07, 6.45) is 0. The van der Waals surface area contributed by atoms with Crippen LogP contribution in [0.25, 0.3) is 0 Å². The van der Waals surface area contributed by atoms with Crippen molar-refractivity contribution in [2.45, 2.75) is 18.4 Å². The smallest absolute Gasteiger partial charge is 0.264 e. The van der Waals surface area contributed by atoms with Gasteiger partial charge in [-0.25, -0.2) is 12.8 Å². The molecule has 0 bridgehead atoms. The first-order valence-corrected chi connectivity index (χ1v) is 8.23. The van der Waals surface area contributed by atoms with Crippen LogP contribution >= 0.6 is 26.6 Å². The van der Waals surface area contributed by atoms with Gasteiger partial charge in [-0.05, 0) is 28.9 Å². The van der Waals surface area contributed by atoms with Crippen molar-refractivity contribution in [2.24, 2.45) is 0 Å². The summed E-state index contributed by atoms with van der Waals surface area (Å²) in [6.45, 7) is 1.56. The van der Waals surface area contributed by atoms with Crippen molar-refractivity contribution in [1.29, 1.82) is 0 Å². The molecule has 2 rings (SSSR count). The van der Waals surface area contributed by atoms with Crippen molar-refractivity contribution in [3.63, 3.8) is 0 Å². The lowest BCUT2D eigenvalue weighted by Gasteiger charge is -2.08. The van der Waals surface area contributed by atoms with Gasteiger partial charge in [0.1, 0.15) is 16.5 Å². The van der Waals surface area contributed by atoms with Gasteiger partial charge in [-0.3, -0.25) is 0 Å². The largest absolute Gasteiger partial charge is 0.482 e. The third kappa shape index (κ3) is 3.47. The molecule has 0 aliphatic heterocycles. The Morgan fingerprint density at radius 2 is 2.20 bits per heavy atom. The molecule has 0 unspecified atom stereocenters. The van der Waals surface area contributed by atoms with E-state index in [4.69, 9.17) is 19.9 Å². The molecule has 6 nitrogen and oxygen atoms in total. The van der Waals surface area contributed by atoms with Crippen LogP contribution in [-0.2, 0) is 15.7 Å². The zero-order valence-electron chi connectivity index (χ0n) is 9.93. The van der Waals surface area contributed by atoms with Crippen molar-refractivity contribution in [3.8, 4) is 5.75 Å². The zero-order chi connectivity index (χ0) is 14.9. The second-order valence-corrected chi connectivity index (χ2v) is 7.06. The normalized spacial score (nSPS) is 11.6. The average molecular weight is 386 g/mol. The molecule has 0 saturated heterocycles. The van der Waals surface area contributed by atoms with E-state index in [1.807, 2.05) is 0 Å². The molecule has 1 aromatic heterocycles. The maximum atomic E-state index is 13.6. The first-order valence-electron chi connectivity index (χ1n) is 5.13. The highest BCUT2D eigenvalue weighted by atomic mass is 79.9. The summed E-state index contributed by atoms with van der Waals surface area (Å²) < 4.78 is 46.2. The van der Waals surface area contributed by atoms with Gasteiger partial charge in [-0.1, -0.05) is 5.16 Å². The molecule has 1 aromatic carbocycles. The Morgan fingerprint density at radius 3 is 2.75 bits per heavy atom. The highest BCUT2D eigenvalue weighted by Crippen LogP contribution is 2.32. The minimum absolute atomic E-state index is 0.0775. The number of benzene rings is 1. The molecule has 10 heteroatoms. The maximum Gasteiger partial charge on any atom is 0.264 e. The number of halogens is 3. The van der Waals surface area contributed by atoms with Crippen LogP contribution in [0.15, 0.2) is 26.0 Å². The third-order valence-electron chi connectivity index (χ3n) is 2.17. The molecule has 0 amide bonds. The summed E-state index contributed by atoms with van der Waals surface area (Å²) in [7, 11) is 0.935. The molecule has 20 heavy (non-hydrogen) atoms. The maximum absolute atomic E-state index is 13.6. The van der Waals surface area contributed by atoms with Crippen molar-refractivity contribution >= 4 is 35.7 Å². The van der Waals surface area contributed by atoms with Gasteiger partial charge in [0.25, 0.3) is 14.9 Å². The van der Waals surface area contributed by atoms with Crippen LogP contribution in [0.1, 0.15) is 11.7 Å². The second-order valence-electron chi connectivity index (χ2n) is 3.67. The lowest BCUT2D eigenvalue weighted by molar-refractivity contribution is 0.240. The zero-order valence-corrected chi connectivity index (χ0v) is 13.1. The summed E-state index contributed by atoms with van der Waals surface area (Å²) >= 11 is 3.07. The molecule has 0 spiro atoms. The molecule has 0 radical (unpaired) electrons. The van der Waals surface area contributed by atoms with Gasteiger partial charge in [0.15, 0.2) is 12.4 Å². The van der Waals surface area contributed by atoms with Gasteiger partial charge in [-0.2, -0.15) is 4.98 Å². The van der Waals surface area contributed by atoms with E-state index in [1.54, 1.807) is 6.92 Å². The highest BCUT2D eigenvalue weighted by Gasteiger charge is 2.19. The number of nitrogens with zero attached hydrogens (tertiary/aromatic N) is 2. The number of rotatable bonds is 4. The van der Waals surface area contributed by atoms with Crippen molar-refractivity contribution in [1.82, 2.24) is 10.1 Å². The molecule has 0 aliphatic carbocycles. The molecule has 0 saturated carbocycles. The topological polar surface area (TPSA) is 82.3 Å². The fourth-order valence-electron chi connectivity index (χ4n) is 1.35. The molecule has 2 aromatic rings. The van der Waals surface area contributed by atoms with E-state index < -0.39 is 19.8 Å². The Bertz CT molecular complexity index is 750. The Kier molecular flexibility index (Phi) is 4.31. The van der Waals surface area contributed by atoms with Crippen LogP contribution in [0, 0.1) is 12.7 Å². The van der Waals surface area contributed by atoms with E-state index in [-0.39, 0.29) is 22.7 Å². The van der Waals surface area contributed by atoms with Crippen LogP contribution in [0.4, 0.5) is 4.39 Å². The van der Waals surface area contributed by atoms with E-state index in [0.717, 1.165) is 12.1 Å². The Hall–Kier alpha value is -1.19. The Labute approximate surface area is 126 Å². The van der Waals surface area contributed by atoms with Crippen molar-refractivity contribution in [2.75, 3.05) is 0 Å². The monoisotopic (exact) mass is 384 g/mol. The molecule has 0 aliphatic rings. The summed E-state index contributed by atoms with van der Waals surface area (Å²) in [5.74, 6) is -0.274. The first-order chi connectivity index (χ1) is 9.27. The summed E-state index contributed by atoms with van der Waals surface area (Å²) in [5.41, 5.74) is 0. The first kappa shape index (κ1) is 15.2. The van der Waals surface area contributed by atoms with E-state index in [2.05, 4.69) is 26.1 Å². The van der Waals surface area contributed by atoms with Gasteiger partial charge in [0, 0.05) is 16.7 Å². The number of hydrogen-bond acceptors (Lipinski definition) is 6. The number of ether oxygens (including phenoxy) is 1. The molecular formula is C10H7BrClFN2O4S. The van der Waals surface area contributed by atoms with Crippen molar-refractivity contribution in [3.05, 3.63) is 34.1 Å². The fourth-order valence-corrected chi connectivity index (χ4v) is 2.86. The molecule has 1 heterocycles.